The highest BCUT2D eigenvalue weighted by Crippen LogP contribution is 2.27. The van der Waals surface area contributed by atoms with Gasteiger partial charge in [-0.1, -0.05) is 12.1 Å². The van der Waals surface area contributed by atoms with Crippen molar-refractivity contribution in [2.75, 3.05) is 20.8 Å². The standard InChI is InChI=1S/C20H24N2O4/c1-13-6-7-14(2)20(15(13)3)26-12-19(23)22-21-11-16-8-9-17(24-4)18(10-16)25-5/h6-11H,12H2,1-5H3,(H,22,23)/b21-11-. The van der Waals surface area contributed by atoms with Gasteiger partial charge in [-0.25, -0.2) is 5.43 Å². The number of amides is 1. The lowest BCUT2D eigenvalue weighted by Gasteiger charge is -2.13. The van der Waals surface area contributed by atoms with Crippen LogP contribution in [0.15, 0.2) is 35.4 Å². The number of hydrogen-bond acceptors (Lipinski definition) is 5. The first-order valence-corrected chi connectivity index (χ1v) is 8.19. The van der Waals surface area contributed by atoms with Crippen molar-refractivity contribution in [1.82, 2.24) is 5.43 Å². The van der Waals surface area contributed by atoms with Gasteiger partial charge in [-0.15, -0.1) is 0 Å². The summed E-state index contributed by atoms with van der Waals surface area (Å²) < 4.78 is 16.1. The molecule has 0 saturated carbocycles. The Hall–Kier alpha value is -3.02. The van der Waals surface area contributed by atoms with Gasteiger partial charge in [-0.3, -0.25) is 4.79 Å². The number of ether oxygens (including phenoxy) is 3. The molecule has 6 heteroatoms. The van der Waals surface area contributed by atoms with Crippen LogP contribution >= 0.6 is 0 Å². The van der Waals surface area contributed by atoms with Crippen LogP contribution in [0.2, 0.25) is 0 Å². The summed E-state index contributed by atoms with van der Waals surface area (Å²) in [5.41, 5.74) is 6.38. The number of nitrogens with one attached hydrogen (secondary N) is 1. The molecule has 0 bridgehead atoms. The summed E-state index contributed by atoms with van der Waals surface area (Å²) in [4.78, 5) is 11.9. The summed E-state index contributed by atoms with van der Waals surface area (Å²) >= 11 is 0. The molecule has 1 amide bonds. The summed E-state index contributed by atoms with van der Waals surface area (Å²) in [7, 11) is 3.14. The van der Waals surface area contributed by atoms with Crippen molar-refractivity contribution in [2.24, 2.45) is 5.10 Å². The zero-order chi connectivity index (χ0) is 19.1. The number of rotatable bonds is 7. The number of benzene rings is 2. The average Bonchev–Trinajstić information content (AvgIpc) is 2.64. The lowest BCUT2D eigenvalue weighted by molar-refractivity contribution is -0.123. The minimum atomic E-state index is -0.331. The second-order valence-electron chi connectivity index (χ2n) is 5.85. The molecular formula is C20H24N2O4. The van der Waals surface area contributed by atoms with E-state index in [0.29, 0.717) is 11.5 Å². The third-order valence-corrected chi connectivity index (χ3v) is 4.03. The van der Waals surface area contributed by atoms with E-state index in [1.165, 1.54) is 6.21 Å². The first-order chi connectivity index (χ1) is 12.5. The molecule has 0 saturated heterocycles. The van der Waals surface area contributed by atoms with Gasteiger partial charge in [0.25, 0.3) is 5.91 Å². The fourth-order valence-corrected chi connectivity index (χ4v) is 2.43. The summed E-state index contributed by atoms with van der Waals surface area (Å²) in [5, 5.41) is 3.95. The smallest absolute Gasteiger partial charge is 0.277 e. The number of hydrogen-bond donors (Lipinski definition) is 1. The van der Waals surface area contributed by atoms with Crippen molar-refractivity contribution in [3.8, 4) is 17.2 Å². The molecule has 0 aliphatic carbocycles. The van der Waals surface area contributed by atoms with Crippen LogP contribution in [-0.2, 0) is 4.79 Å². The number of carbonyl (C=O) groups excluding carboxylic acids is 1. The Balaban J connectivity index is 1.93. The molecule has 0 atom stereocenters. The van der Waals surface area contributed by atoms with Crippen molar-refractivity contribution >= 4 is 12.1 Å². The molecule has 0 heterocycles. The molecule has 0 fully saturated rings. The van der Waals surface area contributed by atoms with E-state index in [1.54, 1.807) is 26.4 Å². The number of aryl methyl sites for hydroxylation is 2. The van der Waals surface area contributed by atoms with Gasteiger partial charge in [0.2, 0.25) is 0 Å². The number of hydrazone groups is 1. The van der Waals surface area contributed by atoms with Gasteiger partial charge in [-0.05, 0) is 61.2 Å². The van der Waals surface area contributed by atoms with Crippen LogP contribution in [0.4, 0.5) is 0 Å². The van der Waals surface area contributed by atoms with Crippen molar-refractivity contribution in [1.29, 1.82) is 0 Å². The second kappa shape index (κ2) is 8.89. The first-order valence-electron chi connectivity index (χ1n) is 8.19. The number of carbonyl (C=O) groups is 1. The zero-order valence-electron chi connectivity index (χ0n) is 15.8. The van der Waals surface area contributed by atoms with Crippen LogP contribution in [0.25, 0.3) is 0 Å². The van der Waals surface area contributed by atoms with Crippen LogP contribution in [-0.4, -0.2) is 32.9 Å². The highest BCUT2D eigenvalue weighted by molar-refractivity contribution is 5.83. The quantitative estimate of drug-likeness (QED) is 0.611. The molecule has 2 aromatic carbocycles. The molecule has 0 aromatic heterocycles. The van der Waals surface area contributed by atoms with E-state index < -0.39 is 0 Å². The van der Waals surface area contributed by atoms with Crippen LogP contribution < -0.4 is 19.6 Å². The summed E-state index contributed by atoms with van der Waals surface area (Å²) in [6.45, 7) is 5.84. The Morgan fingerprint density at radius 3 is 2.42 bits per heavy atom. The lowest BCUT2D eigenvalue weighted by atomic mass is 10.1. The van der Waals surface area contributed by atoms with Gasteiger partial charge < -0.3 is 14.2 Å². The SMILES string of the molecule is COc1ccc(/C=N\NC(=O)COc2c(C)ccc(C)c2C)cc1OC. The minimum absolute atomic E-state index is 0.103. The molecule has 2 aromatic rings. The maximum absolute atomic E-state index is 11.9. The lowest BCUT2D eigenvalue weighted by Crippen LogP contribution is -2.25. The summed E-state index contributed by atoms with van der Waals surface area (Å²) in [6.07, 6.45) is 1.53. The second-order valence-corrected chi connectivity index (χ2v) is 5.85. The molecule has 0 unspecified atom stereocenters. The van der Waals surface area contributed by atoms with E-state index in [0.717, 1.165) is 28.0 Å². The molecule has 0 spiro atoms. The maximum Gasteiger partial charge on any atom is 0.277 e. The maximum atomic E-state index is 11.9. The van der Waals surface area contributed by atoms with Crippen LogP contribution in [0.1, 0.15) is 22.3 Å². The highest BCUT2D eigenvalue weighted by atomic mass is 16.5. The minimum Gasteiger partial charge on any atom is -0.493 e. The van der Waals surface area contributed by atoms with E-state index in [2.05, 4.69) is 10.5 Å². The van der Waals surface area contributed by atoms with E-state index >= 15 is 0 Å². The van der Waals surface area contributed by atoms with Crippen LogP contribution in [0.5, 0.6) is 17.2 Å². The third-order valence-electron chi connectivity index (χ3n) is 4.03. The molecule has 0 aliphatic rings. The topological polar surface area (TPSA) is 69.2 Å². The predicted molar refractivity (Wildman–Crippen MR) is 101 cm³/mol. The molecule has 0 radical (unpaired) electrons. The van der Waals surface area contributed by atoms with Gasteiger partial charge in [0, 0.05) is 0 Å². The van der Waals surface area contributed by atoms with E-state index in [-0.39, 0.29) is 12.5 Å². The molecule has 0 aliphatic heterocycles. The molecular weight excluding hydrogens is 332 g/mol. The van der Waals surface area contributed by atoms with Crippen molar-refractivity contribution in [3.05, 3.63) is 52.6 Å². The predicted octanol–water partition coefficient (Wildman–Crippen LogP) is 3.16. The van der Waals surface area contributed by atoms with Crippen molar-refractivity contribution < 1.29 is 19.0 Å². The van der Waals surface area contributed by atoms with Crippen molar-refractivity contribution in [2.45, 2.75) is 20.8 Å². The van der Waals surface area contributed by atoms with Gasteiger partial charge in [-0.2, -0.15) is 5.10 Å². The Morgan fingerprint density at radius 2 is 1.73 bits per heavy atom. The van der Waals surface area contributed by atoms with E-state index in [4.69, 9.17) is 14.2 Å². The fraction of sp³-hybridized carbons (Fsp3) is 0.300. The van der Waals surface area contributed by atoms with Gasteiger partial charge in [0.05, 0.1) is 20.4 Å². The fourth-order valence-electron chi connectivity index (χ4n) is 2.43. The van der Waals surface area contributed by atoms with Crippen molar-refractivity contribution in [3.63, 3.8) is 0 Å². The van der Waals surface area contributed by atoms with Crippen LogP contribution in [0, 0.1) is 20.8 Å². The number of nitrogens with zero attached hydrogens (tertiary/aromatic N) is 1. The first kappa shape index (κ1) is 19.3. The number of methoxy groups -OCH3 is 2. The highest BCUT2D eigenvalue weighted by Gasteiger charge is 2.09. The Bertz CT molecular complexity index is 816. The molecule has 26 heavy (non-hydrogen) atoms. The normalized spacial score (nSPS) is 10.7. The summed E-state index contributed by atoms with van der Waals surface area (Å²) in [6, 6.07) is 9.36. The Labute approximate surface area is 153 Å². The van der Waals surface area contributed by atoms with Gasteiger partial charge in [0.15, 0.2) is 18.1 Å². The van der Waals surface area contributed by atoms with Gasteiger partial charge in [0.1, 0.15) is 5.75 Å². The molecule has 2 rings (SSSR count). The Morgan fingerprint density at radius 1 is 1.04 bits per heavy atom. The molecule has 138 valence electrons. The van der Waals surface area contributed by atoms with Crippen LogP contribution in [0.3, 0.4) is 0 Å². The van der Waals surface area contributed by atoms with Gasteiger partial charge >= 0.3 is 0 Å². The van der Waals surface area contributed by atoms with E-state index in [1.807, 2.05) is 39.0 Å². The summed E-state index contributed by atoms with van der Waals surface area (Å²) in [5.74, 6) is 1.63. The zero-order valence-corrected chi connectivity index (χ0v) is 15.8. The third kappa shape index (κ3) is 4.75. The monoisotopic (exact) mass is 356 g/mol. The largest absolute Gasteiger partial charge is 0.493 e. The molecule has 1 N–H and O–H groups in total. The molecule has 6 nitrogen and oxygen atoms in total. The average molecular weight is 356 g/mol. The Kier molecular flexibility index (Phi) is 6.60. The van der Waals surface area contributed by atoms with E-state index in [9.17, 15) is 4.79 Å².